The Hall–Kier alpha value is -1.84. The van der Waals surface area contributed by atoms with Crippen molar-refractivity contribution in [3.8, 4) is 0 Å². The number of likely N-dealkylation sites (N-methyl/N-ethyl adjacent to an activating group) is 1. The molecule has 3 rings (SSSR count). The van der Waals surface area contributed by atoms with E-state index in [4.69, 9.17) is 0 Å². The van der Waals surface area contributed by atoms with E-state index in [1.54, 1.807) is 4.90 Å². The number of nitrogens with zero attached hydrogens (tertiary/aromatic N) is 2. The lowest BCUT2D eigenvalue weighted by Crippen LogP contribution is -2.40. The van der Waals surface area contributed by atoms with Gasteiger partial charge in [-0.05, 0) is 30.4 Å². The van der Waals surface area contributed by atoms with Crippen molar-refractivity contribution in [1.82, 2.24) is 9.80 Å². The predicted octanol–water partition coefficient (Wildman–Crippen LogP) is 1.75. The molecule has 1 heterocycles. The van der Waals surface area contributed by atoms with Crippen LogP contribution in [0.15, 0.2) is 24.3 Å². The van der Waals surface area contributed by atoms with Crippen LogP contribution in [-0.4, -0.2) is 41.8 Å². The molecule has 106 valence electrons. The van der Waals surface area contributed by atoms with E-state index in [9.17, 15) is 9.59 Å². The van der Waals surface area contributed by atoms with E-state index in [2.05, 4.69) is 12.1 Å². The number of amides is 2. The number of aryl methyl sites for hydroxylation is 1. The van der Waals surface area contributed by atoms with E-state index in [1.807, 2.05) is 24.1 Å². The number of likely N-dealkylation sites (tertiary alicyclic amines) is 1. The molecular weight excluding hydrogens is 252 g/mol. The molecule has 0 saturated carbocycles. The van der Waals surface area contributed by atoms with Crippen molar-refractivity contribution < 1.29 is 9.59 Å². The number of hydrogen-bond acceptors (Lipinski definition) is 2. The van der Waals surface area contributed by atoms with Crippen LogP contribution in [0.3, 0.4) is 0 Å². The summed E-state index contributed by atoms with van der Waals surface area (Å²) in [5, 5.41) is 0. The molecule has 2 amide bonds. The minimum absolute atomic E-state index is 0.0435. The molecule has 2 aliphatic rings. The Balaban J connectivity index is 1.69. The molecule has 20 heavy (non-hydrogen) atoms. The van der Waals surface area contributed by atoms with Gasteiger partial charge in [0.1, 0.15) is 0 Å². The van der Waals surface area contributed by atoms with E-state index in [0.717, 1.165) is 25.8 Å². The molecule has 1 saturated heterocycles. The third-order valence-corrected chi connectivity index (χ3v) is 4.46. The van der Waals surface area contributed by atoms with Gasteiger partial charge in [0.05, 0.1) is 12.6 Å². The van der Waals surface area contributed by atoms with Gasteiger partial charge in [0.2, 0.25) is 11.8 Å². The van der Waals surface area contributed by atoms with Gasteiger partial charge in [0.15, 0.2) is 0 Å². The standard InChI is InChI=1S/C16H20N2O2/c1-17(16(20)11-18-10-4-7-15(18)19)14-9-8-12-5-2-3-6-13(12)14/h2-3,5-6,14H,4,7-11H2,1H3. The van der Waals surface area contributed by atoms with Crippen LogP contribution in [0.2, 0.25) is 0 Å². The maximum absolute atomic E-state index is 12.4. The van der Waals surface area contributed by atoms with Crippen molar-refractivity contribution in [2.75, 3.05) is 20.1 Å². The summed E-state index contributed by atoms with van der Waals surface area (Å²) in [4.78, 5) is 27.5. The summed E-state index contributed by atoms with van der Waals surface area (Å²) in [6, 6.07) is 8.48. The molecule has 1 atom stereocenters. The molecule has 4 nitrogen and oxygen atoms in total. The quantitative estimate of drug-likeness (QED) is 0.841. The lowest BCUT2D eigenvalue weighted by molar-refractivity contribution is -0.138. The van der Waals surface area contributed by atoms with Gasteiger partial charge in [-0.3, -0.25) is 9.59 Å². The highest BCUT2D eigenvalue weighted by molar-refractivity contribution is 5.86. The maximum Gasteiger partial charge on any atom is 0.242 e. The van der Waals surface area contributed by atoms with Crippen molar-refractivity contribution in [2.45, 2.75) is 31.7 Å². The summed E-state index contributed by atoms with van der Waals surface area (Å²) in [6.45, 7) is 0.952. The third-order valence-electron chi connectivity index (χ3n) is 4.46. The fourth-order valence-electron chi connectivity index (χ4n) is 3.26. The Bertz CT molecular complexity index is 541. The van der Waals surface area contributed by atoms with Gasteiger partial charge in [-0.1, -0.05) is 24.3 Å². The van der Waals surface area contributed by atoms with Gasteiger partial charge in [-0.15, -0.1) is 0 Å². The number of fused-ring (bicyclic) bond motifs is 1. The number of hydrogen-bond donors (Lipinski definition) is 0. The smallest absolute Gasteiger partial charge is 0.242 e. The van der Waals surface area contributed by atoms with Gasteiger partial charge >= 0.3 is 0 Å². The lowest BCUT2D eigenvalue weighted by Gasteiger charge is -2.27. The number of benzene rings is 1. The average molecular weight is 272 g/mol. The molecule has 0 radical (unpaired) electrons. The first-order valence-electron chi connectivity index (χ1n) is 7.28. The zero-order chi connectivity index (χ0) is 14.1. The van der Waals surface area contributed by atoms with E-state index >= 15 is 0 Å². The summed E-state index contributed by atoms with van der Waals surface area (Å²) >= 11 is 0. The van der Waals surface area contributed by atoms with Crippen LogP contribution in [-0.2, 0) is 16.0 Å². The SMILES string of the molecule is CN(C(=O)CN1CCCC1=O)C1CCc2ccccc21. The minimum Gasteiger partial charge on any atom is -0.337 e. The Labute approximate surface area is 119 Å². The number of carbonyl (C=O) groups excluding carboxylic acids is 2. The minimum atomic E-state index is 0.0435. The highest BCUT2D eigenvalue weighted by Gasteiger charge is 2.30. The molecule has 4 heteroatoms. The average Bonchev–Trinajstić information content (AvgIpc) is 3.05. The van der Waals surface area contributed by atoms with E-state index < -0.39 is 0 Å². The van der Waals surface area contributed by atoms with Gasteiger partial charge in [-0.2, -0.15) is 0 Å². The van der Waals surface area contributed by atoms with E-state index in [0.29, 0.717) is 6.42 Å². The first-order valence-corrected chi connectivity index (χ1v) is 7.28. The van der Waals surface area contributed by atoms with Crippen molar-refractivity contribution >= 4 is 11.8 Å². The van der Waals surface area contributed by atoms with Gasteiger partial charge in [0.25, 0.3) is 0 Å². The van der Waals surface area contributed by atoms with Crippen LogP contribution in [0.25, 0.3) is 0 Å². The van der Waals surface area contributed by atoms with Gasteiger partial charge in [-0.25, -0.2) is 0 Å². The van der Waals surface area contributed by atoms with Crippen molar-refractivity contribution in [1.29, 1.82) is 0 Å². The fourth-order valence-corrected chi connectivity index (χ4v) is 3.26. The first kappa shape index (κ1) is 13.2. The van der Waals surface area contributed by atoms with Gasteiger partial charge < -0.3 is 9.80 Å². The molecule has 0 N–H and O–H groups in total. The summed E-state index contributed by atoms with van der Waals surface area (Å²) in [7, 11) is 1.86. The molecule has 1 fully saturated rings. The summed E-state index contributed by atoms with van der Waals surface area (Å²) < 4.78 is 0. The molecule has 0 bridgehead atoms. The molecular formula is C16H20N2O2. The second-order valence-electron chi connectivity index (χ2n) is 5.68. The summed E-state index contributed by atoms with van der Waals surface area (Å²) in [5.74, 6) is 0.153. The summed E-state index contributed by atoms with van der Waals surface area (Å²) in [6.07, 6.45) is 3.47. The van der Waals surface area contributed by atoms with Crippen LogP contribution in [0.5, 0.6) is 0 Å². The molecule has 1 aromatic carbocycles. The molecule has 1 unspecified atom stereocenters. The highest BCUT2D eigenvalue weighted by atomic mass is 16.2. The Morgan fingerprint density at radius 2 is 2.15 bits per heavy atom. The second kappa shape index (κ2) is 5.27. The monoisotopic (exact) mass is 272 g/mol. The number of rotatable bonds is 3. The van der Waals surface area contributed by atoms with Crippen LogP contribution < -0.4 is 0 Å². The van der Waals surface area contributed by atoms with Crippen LogP contribution in [0.1, 0.15) is 36.4 Å². The maximum atomic E-state index is 12.4. The van der Waals surface area contributed by atoms with E-state index in [1.165, 1.54) is 11.1 Å². The molecule has 1 aromatic rings. The van der Waals surface area contributed by atoms with Crippen LogP contribution in [0.4, 0.5) is 0 Å². The molecule has 0 spiro atoms. The molecule has 1 aliphatic carbocycles. The fraction of sp³-hybridized carbons (Fsp3) is 0.500. The third kappa shape index (κ3) is 2.30. The Morgan fingerprint density at radius 1 is 1.35 bits per heavy atom. The topological polar surface area (TPSA) is 40.6 Å². The van der Waals surface area contributed by atoms with Gasteiger partial charge in [0, 0.05) is 20.0 Å². The summed E-state index contributed by atoms with van der Waals surface area (Å²) in [5.41, 5.74) is 2.60. The van der Waals surface area contributed by atoms with Crippen LogP contribution >= 0.6 is 0 Å². The largest absolute Gasteiger partial charge is 0.337 e. The second-order valence-corrected chi connectivity index (χ2v) is 5.68. The zero-order valence-corrected chi connectivity index (χ0v) is 11.8. The highest BCUT2D eigenvalue weighted by Crippen LogP contribution is 2.34. The van der Waals surface area contributed by atoms with Crippen LogP contribution in [0, 0.1) is 0 Å². The normalized spacial score (nSPS) is 21.1. The molecule has 1 aliphatic heterocycles. The lowest BCUT2D eigenvalue weighted by atomic mass is 10.1. The predicted molar refractivity (Wildman–Crippen MR) is 76.1 cm³/mol. The van der Waals surface area contributed by atoms with E-state index in [-0.39, 0.29) is 24.4 Å². The van der Waals surface area contributed by atoms with Crippen molar-refractivity contribution in [2.24, 2.45) is 0 Å². The zero-order valence-electron chi connectivity index (χ0n) is 11.8. The van der Waals surface area contributed by atoms with Crippen molar-refractivity contribution in [3.63, 3.8) is 0 Å². The first-order chi connectivity index (χ1) is 9.66. The number of carbonyl (C=O) groups is 2. The van der Waals surface area contributed by atoms with Crippen molar-refractivity contribution in [3.05, 3.63) is 35.4 Å². The Morgan fingerprint density at radius 3 is 2.90 bits per heavy atom. The Kier molecular flexibility index (Phi) is 3.47. The molecule has 0 aromatic heterocycles.